The second kappa shape index (κ2) is 5.84. The van der Waals surface area contributed by atoms with Gasteiger partial charge in [-0.25, -0.2) is 9.78 Å². The van der Waals surface area contributed by atoms with E-state index in [1.165, 1.54) is 44.9 Å². The molecule has 0 amide bonds. The summed E-state index contributed by atoms with van der Waals surface area (Å²) in [4.78, 5) is 17.6. The van der Waals surface area contributed by atoms with Crippen molar-refractivity contribution in [3.8, 4) is 0 Å². The summed E-state index contributed by atoms with van der Waals surface area (Å²) in [5, 5.41) is 9.32. The number of hydrogen-bond acceptors (Lipinski definition) is 3. The molecule has 0 bridgehead atoms. The van der Waals surface area contributed by atoms with Crippen LogP contribution in [0.3, 0.4) is 0 Å². The van der Waals surface area contributed by atoms with E-state index in [0.29, 0.717) is 5.41 Å². The fourth-order valence-electron chi connectivity index (χ4n) is 3.77. The lowest BCUT2D eigenvalue weighted by atomic mass is 9.68. The van der Waals surface area contributed by atoms with Gasteiger partial charge in [0.15, 0.2) is 5.69 Å². The number of carboxylic acids is 1. The van der Waals surface area contributed by atoms with E-state index in [9.17, 15) is 4.79 Å². The minimum Gasteiger partial charge on any atom is -0.476 e. The average Bonchev–Trinajstić information content (AvgIpc) is 2.49. The van der Waals surface area contributed by atoms with Crippen LogP contribution in [0.2, 0.25) is 5.02 Å². The smallest absolute Gasteiger partial charge is 0.356 e. The molecule has 2 aliphatic rings. The van der Waals surface area contributed by atoms with E-state index in [-0.39, 0.29) is 10.7 Å². The third-order valence-corrected chi connectivity index (χ3v) is 5.40. The maximum Gasteiger partial charge on any atom is 0.356 e. The van der Waals surface area contributed by atoms with Gasteiger partial charge >= 0.3 is 5.97 Å². The lowest BCUT2D eigenvalue weighted by Crippen LogP contribution is -2.41. The van der Waals surface area contributed by atoms with Gasteiger partial charge in [-0.2, -0.15) is 0 Å². The van der Waals surface area contributed by atoms with Gasteiger partial charge in [-0.3, -0.25) is 0 Å². The van der Waals surface area contributed by atoms with E-state index in [2.05, 4.69) is 9.88 Å². The van der Waals surface area contributed by atoms with Crippen molar-refractivity contribution in [1.82, 2.24) is 4.98 Å². The van der Waals surface area contributed by atoms with E-state index >= 15 is 0 Å². The number of piperidine rings is 1. The third-order valence-electron chi connectivity index (χ3n) is 5.10. The minimum absolute atomic E-state index is 0.0490. The molecule has 0 atom stereocenters. The van der Waals surface area contributed by atoms with Gasteiger partial charge in [-0.1, -0.05) is 30.9 Å². The van der Waals surface area contributed by atoms with Gasteiger partial charge < -0.3 is 10.0 Å². The zero-order valence-electron chi connectivity index (χ0n) is 12.1. The molecule has 1 N–H and O–H groups in total. The molecule has 1 aromatic heterocycles. The van der Waals surface area contributed by atoms with Crippen molar-refractivity contribution < 1.29 is 9.90 Å². The van der Waals surface area contributed by atoms with E-state index in [1.54, 1.807) is 6.07 Å². The molecule has 0 radical (unpaired) electrons. The highest BCUT2D eigenvalue weighted by molar-refractivity contribution is 6.33. The lowest BCUT2D eigenvalue weighted by molar-refractivity contribution is 0.0690. The van der Waals surface area contributed by atoms with Crippen LogP contribution in [0, 0.1) is 5.41 Å². The lowest BCUT2D eigenvalue weighted by Gasteiger charge is -2.44. The van der Waals surface area contributed by atoms with Crippen LogP contribution in [-0.4, -0.2) is 29.1 Å². The Bertz CT molecular complexity index is 531. The first-order valence-corrected chi connectivity index (χ1v) is 8.12. The average molecular weight is 309 g/mol. The van der Waals surface area contributed by atoms with E-state index in [1.807, 2.05) is 6.07 Å². The summed E-state index contributed by atoms with van der Waals surface area (Å²) in [5.74, 6) is -0.329. The Hall–Kier alpha value is -1.29. The van der Waals surface area contributed by atoms with Gasteiger partial charge in [0.2, 0.25) is 0 Å². The third kappa shape index (κ3) is 3.00. The van der Waals surface area contributed by atoms with Gasteiger partial charge in [0.1, 0.15) is 5.82 Å². The summed E-state index contributed by atoms with van der Waals surface area (Å²) in [6.07, 6.45) is 9.21. The van der Waals surface area contributed by atoms with Gasteiger partial charge in [-0.05, 0) is 43.2 Å². The van der Waals surface area contributed by atoms with Crippen molar-refractivity contribution in [1.29, 1.82) is 0 Å². The van der Waals surface area contributed by atoms with Gasteiger partial charge in [0, 0.05) is 13.1 Å². The van der Waals surface area contributed by atoms with Gasteiger partial charge in [-0.15, -0.1) is 0 Å². The van der Waals surface area contributed by atoms with Crippen molar-refractivity contribution in [3.05, 3.63) is 22.8 Å². The topological polar surface area (TPSA) is 53.4 Å². The number of aromatic nitrogens is 1. The number of nitrogens with zero attached hydrogens (tertiary/aromatic N) is 2. The molecule has 0 aromatic carbocycles. The molecule has 1 spiro atoms. The number of hydrogen-bond donors (Lipinski definition) is 1. The van der Waals surface area contributed by atoms with Gasteiger partial charge in [0.25, 0.3) is 0 Å². The summed E-state index contributed by atoms with van der Waals surface area (Å²) < 4.78 is 0. The van der Waals surface area contributed by atoms with Crippen LogP contribution < -0.4 is 4.90 Å². The molecule has 5 heteroatoms. The minimum atomic E-state index is -1.07. The molecule has 3 rings (SSSR count). The van der Waals surface area contributed by atoms with Crippen LogP contribution in [-0.2, 0) is 0 Å². The fourth-order valence-corrected chi connectivity index (χ4v) is 3.96. The first-order valence-electron chi connectivity index (χ1n) is 7.74. The molecular weight excluding hydrogens is 288 g/mol. The van der Waals surface area contributed by atoms with Crippen LogP contribution in [0.1, 0.15) is 55.4 Å². The van der Waals surface area contributed by atoms with Crippen molar-refractivity contribution in [3.63, 3.8) is 0 Å². The first-order chi connectivity index (χ1) is 10.1. The van der Waals surface area contributed by atoms with Gasteiger partial charge in [0.05, 0.1) is 5.02 Å². The van der Waals surface area contributed by atoms with E-state index < -0.39 is 5.97 Å². The second-order valence-corrected chi connectivity index (χ2v) is 6.76. The Morgan fingerprint density at radius 3 is 2.43 bits per heavy atom. The van der Waals surface area contributed by atoms with E-state index in [0.717, 1.165) is 18.9 Å². The summed E-state index contributed by atoms with van der Waals surface area (Å²) in [6.45, 7) is 1.93. The summed E-state index contributed by atoms with van der Waals surface area (Å²) in [7, 11) is 0. The molecule has 1 saturated heterocycles. The Morgan fingerprint density at radius 1 is 1.14 bits per heavy atom. The Balaban J connectivity index is 1.72. The molecule has 4 nitrogen and oxygen atoms in total. The number of carbonyl (C=O) groups is 1. The van der Waals surface area contributed by atoms with Crippen molar-refractivity contribution in [2.45, 2.75) is 44.9 Å². The highest BCUT2D eigenvalue weighted by Gasteiger charge is 2.35. The number of halogens is 1. The largest absolute Gasteiger partial charge is 0.476 e. The summed E-state index contributed by atoms with van der Waals surface area (Å²) >= 11 is 5.88. The Labute approximate surface area is 130 Å². The van der Waals surface area contributed by atoms with Crippen molar-refractivity contribution in [2.75, 3.05) is 18.0 Å². The molecule has 2 fully saturated rings. The molecule has 1 aliphatic heterocycles. The molecule has 1 saturated carbocycles. The van der Waals surface area contributed by atoms with E-state index in [4.69, 9.17) is 16.7 Å². The quantitative estimate of drug-likeness (QED) is 0.897. The predicted octanol–water partition coefficient (Wildman–Crippen LogP) is 3.98. The monoisotopic (exact) mass is 308 g/mol. The Morgan fingerprint density at radius 2 is 1.81 bits per heavy atom. The zero-order valence-corrected chi connectivity index (χ0v) is 12.9. The number of pyridine rings is 1. The number of aromatic carboxylic acids is 1. The zero-order chi connectivity index (χ0) is 14.9. The summed E-state index contributed by atoms with van der Waals surface area (Å²) in [5.41, 5.74) is 0.490. The molecule has 0 unspecified atom stereocenters. The van der Waals surface area contributed by atoms with Crippen LogP contribution in [0.4, 0.5) is 5.82 Å². The predicted molar refractivity (Wildman–Crippen MR) is 83.2 cm³/mol. The molecular formula is C16H21ClN2O2. The van der Waals surface area contributed by atoms with Crippen LogP contribution in [0.15, 0.2) is 12.1 Å². The SMILES string of the molecule is O=C(O)c1nc(N2CCC3(CCCCC3)CC2)ccc1Cl. The highest BCUT2D eigenvalue weighted by atomic mass is 35.5. The standard InChI is InChI=1S/C16H21ClN2O2/c17-12-4-5-13(18-14(12)15(20)21)19-10-8-16(9-11-19)6-2-1-3-7-16/h4-5H,1-3,6-11H2,(H,20,21). The van der Waals surface area contributed by atoms with Crippen LogP contribution in [0.25, 0.3) is 0 Å². The van der Waals surface area contributed by atoms with Crippen LogP contribution >= 0.6 is 11.6 Å². The maximum absolute atomic E-state index is 11.1. The maximum atomic E-state index is 11.1. The molecule has 2 heterocycles. The normalized spacial score (nSPS) is 21.5. The van der Waals surface area contributed by atoms with Crippen LogP contribution in [0.5, 0.6) is 0 Å². The molecule has 1 aliphatic carbocycles. The fraction of sp³-hybridized carbons (Fsp3) is 0.625. The highest BCUT2D eigenvalue weighted by Crippen LogP contribution is 2.45. The van der Waals surface area contributed by atoms with Crippen molar-refractivity contribution >= 4 is 23.4 Å². The second-order valence-electron chi connectivity index (χ2n) is 6.35. The van der Waals surface area contributed by atoms with Crippen molar-refractivity contribution in [2.24, 2.45) is 5.41 Å². The number of carboxylic acid groups (broad SMARTS) is 1. The molecule has 1 aromatic rings. The number of anilines is 1. The number of rotatable bonds is 2. The first kappa shape index (κ1) is 14.6. The summed E-state index contributed by atoms with van der Waals surface area (Å²) in [6, 6.07) is 3.46. The molecule has 114 valence electrons. The molecule has 21 heavy (non-hydrogen) atoms. The Kier molecular flexibility index (Phi) is 4.07.